The van der Waals surface area contributed by atoms with Crippen LogP contribution in [-0.4, -0.2) is 10.8 Å². The molecule has 0 spiro atoms. The number of aromatic amines is 1. The number of aromatic nitrogens is 1. The van der Waals surface area contributed by atoms with E-state index in [0.29, 0.717) is 16.7 Å². The third kappa shape index (κ3) is 1.68. The molecule has 0 saturated heterocycles. The lowest BCUT2D eigenvalue weighted by Gasteiger charge is -2.03. The van der Waals surface area contributed by atoms with Crippen LogP contribution in [0.15, 0.2) is 36.7 Å². The molecule has 0 saturated carbocycles. The van der Waals surface area contributed by atoms with Crippen LogP contribution in [0, 0.1) is 12.7 Å². The molecule has 0 aliphatic carbocycles. The van der Waals surface area contributed by atoms with Crippen LogP contribution < -0.4 is 0 Å². The molecule has 0 atom stereocenters. The fraction of sp³-hybridized carbons (Fsp3) is 0.0833. The summed E-state index contributed by atoms with van der Waals surface area (Å²) in [6.45, 7) is 1.61. The van der Waals surface area contributed by atoms with E-state index in [4.69, 9.17) is 0 Å². The average Bonchev–Trinajstić information content (AvgIpc) is 2.74. The molecule has 2 nitrogen and oxygen atoms in total. The van der Waals surface area contributed by atoms with Crippen LogP contribution in [0.1, 0.15) is 21.5 Å². The zero-order valence-electron chi connectivity index (χ0n) is 8.25. The Hall–Kier alpha value is -1.90. The number of carbonyl (C=O) groups is 1. The first-order valence-corrected chi connectivity index (χ1v) is 4.63. The highest BCUT2D eigenvalue weighted by Gasteiger charge is 2.13. The zero-order chi connectivity index (χ0) is 10.8. The van der Waals surface area contributed by atoms with Crippen LogP contribution in [0.3, 0.4) is 0 Å². The van der Waals surface area contributed by atoms with E-state index in [2.05, 4.69) is 4.98 Å². The van der Waals surface area contributed by atoms with E-state index in [1.807, 2.05) is 0 Å². The standard InChI is InChI=1S/C12H10FNO/c1-8-10(3-2-4-11(8)13)12(15)9-5-6-14-7-9/h2-7,14H,1H3. The molecule has 0 fully saturated rings. The Morgan fingerprint density at radius 2 is 2.13 bits per heavy atom. The number of ketones is 1. The molecule has 1 aromatic heterocycles. The number of halogens is 1. The van der Waals surface area contributed by atoms with Crippen molar-refractivity contribution in [2.45, 2.75) is 6.92 Å². The molecule has 0 aliphatic rings. The second-order valence-corrected chi connectivity index (χ2v) is 3.34. The molecule has 76 valence electrons. The van der Waals surface area contributed by atoms with E-state index in [9.17, 15) is 9.18 Å². The minimum Gasteiger partial charge on any atom is -0.367 e. The SMILES string of the molecule is Cc1c(F)cccc1C(=O)c1cc[nH]c1. The van der Waals surface area contributed by atoms with Gasteiger partial charge >= 0.3 is 0 Å². The van der Waals surface area contributed by atoms with Crippen LogP contribution in [0.5, 0.6) is 0 Å². The van der Waals surface area contributed by atoms with Gasteiger partial charge in [-0.3, -0.25) is 4.79 Å². The molecule has 3 heteroatoms. The third-order valence-electron chi connectivity index (χ3n) is 2.37. The Morgan fingerprint density at radius 1 is 1.33 bits per heavy atom. The van der Waals surface area contributed by atoms with Gasteiger partial charge in [-0.15, -0.1) is 0 Å². The lowest BCUT2D eigenvalue weighted by molar-refractivity contribution is 0.103. The van der Waals surface area contributed by atoms with Gasteiger partial charge in [-0.1, -0.05) is 12.1 Å². The topological polar surface area (TPSA) is 32.9 Å². The van der Waals surface area contributed by atoms with Crippen LogP contribution >= 0.6 is 0 Å². The normalized spacial score (nSPS) is 10.3. The van der Waals surface area contributed by atoms with Gasteiger partial charge in [0.1, 0.15) is 5.82 Å². The molecule has 0 aliphatic heterocycles. The molecule has 0 radical (unpaired) electrons. The molecule has 0 bridgehead atoms. The van der Waals surface area contributed by atoms with E-state index in [1.165, 1.54) is 6.07 Å². The Kier molecular flexibility index (Phi) is 2.37. The van der Waals surface area contributed by atoms with Gasteiger partial charge < -0.3 is 4.98 Å². The van der Waals surface area contributed by atoms with Crippen LogP contribution in [0.2, 0.25) is 0 Å². The van der Waals surface area contributed by atoms with E-state index in [-0.39, 0.29) is 11.6 Å². The Labute approximate surface area is 86.8 Å². The second-order valence-electron chi connectivity index (χ2n) is 3.34. The Balaban J connectivity index is 2.47. The summed E-state index contributed by atoms with van der Waals surface area (Å²) in [5.41, 5.74) is 1.35. The maximum absolute atomic E-state index is 13.2. The van der Waals surface area contributed by atoms with E-state index < -0.39 is 0 Å². The van der Waals surface area contributed by atoms with Crippen molar-refractivity contribution in [1.82, 2.24) is 4.98 Å². The first-order chi connectivity index (χ1) is 7.20. The average molecular weight is 203 g/mol. The molecule has 0 amide bonds. The molecule has 0 unspecified atom stereocenters. The van der Waals surface area contributed by atoms with Crippen molar-refractivity contribution in [2.75, 3.05) is 0 Å². The number of carbonyl (C=O) groups excluding carboxylic acids is 1. The largest absolute Gasteiger partial charge is 0.367 e. The molecule has 15 heavy (non-hydrogen) atoms. The quantitative estimate of drug-likeness (QED) is 0.748. The Bertz CT molecular complexity index is 488. The summed E-state index contributed by atoms with van der Waals surface area (Å²) in [5.74, 6) is -0.510. The van der Waals surface area contributed by atoms with Gasteiger partial charge in [0.2, 0.25) is 0 Å². The number of benzene rings is 1. The number of hydrogen-bond donors (Lipinski definition) is 1. The lowest BCUT2D eigenvalue weighted by atomic mass is 10.0. The highest BCUT2D eigenvalue weighted by molar-refractivity contribution is 6.09. The Morgan fingerprint density at radius 3 is 2.80 bits per heavy atom. The number of rotatable bonds is 2. The van der Waals surface area contributed by atoms with Crippen molar-refractivity contribution < 1.29 is 9.18 Å². The van der Waals surface area contributed by atoms with Gasteiger partial charge in [-0.25, -0.2) is 4.39 Å². The monoisotopic (exact) mass is 203 g/mol. The summed E-state index contributed by atoms with van der Waals surface area (Å²) in [5, 5.41) is 0. The second kappa shape index (κ2) is 3.69. The summed E-state index contributed by atoms with van der Waals surface area (Å²) in [6.07, 6.45) is 3.27. The smallest absolute Gasteiger partial charge is 0.194 e. The molecule has 2 aromatic rings. The predicted molar refractivity (Wildman–Crippen MR) is 55.4 cm³/mol. The number of hydrogen-bond acceptors (Lipinski definition) is 1. The summed E-state index contributed by atoms with van der Waals surface area (Å²) in [6, 6.07) is 6.20. The van der Waals surface area contributed by atoms with Gasteiger partial charge in [-0.2, -0.15) is 0 Å². The minimum atomic E-state index is -0.351. The van der Waals surface area contributed by atoms with Gasteiger partial charge in [0.15, 0.2) is 5.78 Å². The highest BCUT2D eigenvalue weighted by atomic mass is 19.1. The van der Waals surface area contributed by atoms with E-state index >= 15 is 0 Å². The summed E-state index contributed by atoms with van der Waals surface area (Å²) in [4.78, 5) is 14.7. The van der Waals surface area contributed by atoms with Crippen molar-refractivity contribution in [3.8, 4) is 0 Å². The molecular weight excluding hydrogens is 193 g/mol. The third-order valence-corrected chi connectivity index (χ3v) is 2.37. The van der Waals surface area contributed by atoms with Gasteiger partial charge in [-0.05, 0) is 24.6 Å². The molecule has 1 heterocycles. The molecule has 1 N–H and O–H groups in total. The van der Waals surface area contributed by atoms with Crippen LogP contribution in [-0.2, 0) is 0 Å². The van der Waals surface area contributed by atoms with E-state index in [1.54, 1.807) is 37.5 Å². The first kappa shape index (κ1) is 9.65. The van der Waals surface area contributed by atoms with Crippen molar-refractivity contribution in [3.05, 3.63) is 59.2 Å². The zero-order valence-corrected chi connectivity index (χ0v) is 8.25. The summed E-state index contributed by atoms with van der Waals surface area (Å²) < 4.78 is 13.2. The molecule has 2 rings (SSSR count). The maximum Gasteiger partial charge on any atom is 0.194 e. The van der Waals surface area contributed by atoms with Gasteiger partial charge in [0.05, 0.1) is 0 Å². The van der Waals surface area contributed by atoms with Gasteiger partial charge in [0.25, 0.3) is 0 Å². The molecular formula is C12H10FNO. The fourth-order valence-electron chi connectivity index (χ4n) is 1.47. The lowest BCUT2D eigenvalue weighted by Crippen LogP contribution is -2.03. The summed E-state index contributed by atoms with van der Waals surface area (Å²) >= 11 is 0. The number of H-pyrrole nitrogens is 1. The van der Waals surface area contributed by atoms with Crippen LogP contribution in [0.4, 0.5) is 4.39 Å². The maximum atomic E-state index is 13.2. The number of nitrogens with one attached hydrogen (secondary N) is 1. The predicted octanol–water partition coefficient (Wildman–Crippen LogP) is 2.69. The van der Waals surface area contributed by atoms with E-state index in [0.717, 1.165) is 0 Å². The van der Waals surface area contributed by atoms with Crippen molar-refractivity contribution in [2.24, 2.45) is 0 Å². The summed E-state index contributed by atoms with van der Waals surface area (Å²) in [7, 11) is 0. The molecule has 1 aromatic carbocycles. The van der Waals surface area contributed by atoms with Crippen molar-refractivity contribution in [3.63, 3.8) is 0 Å². The van der Waals surface area contributed by atoms with Gasteiger partial charge in [0, 0.05) is 23.5 Å². The van der Waals surface area contributed by atoms with Crippen LogP contribution in [0.25, 0.3) is 0 Å². The highest BCUT2D eigenvalue weighted by Crippen LogP contribution is 2.16. The fourth-order valence-corrected chi connectivity index (χ4v) is 1.47. The minimum absolute atomic E-state index is 0.159. The van der Waals surface area contributed by atoms with Crippen molar-refractivity contribution in [1.29, 1.82) is 0 Å². The van der Waals surface area contributed by atoms with Crippen molar-refractivity contribution >= 4 is 5.78 Å². The first-order valence-electron chi connectivity index (χ1n) is 4.63.